The fourth-order valence-corrected chi connectivity index (χ4v) is 2.17. The molecule has 0 saturated heterocycles. The molecule has 0 N–H and O–H groups in total. The molecule has 0 aromatic carbocycles. The van der Waals surface area contributed by atoms with Crippen molar-refractivity contribution in [2.45, 2.75) is 19.0 Å². The third-order valence-electron chi connectivity index (χ3n) is 2.44. The highest BCUT2D eigenvalue weighted by molar-refractivity contribution is 6.31. The highest BCUT2D eigenvalue weighted by atomic mass is 35.5. The van der Waals surface area contributed by atoms with Gasteiger partial charge < -0.3 is 0 Å². The molecule has 0 atom stereocenters. The Labute approximate surface area is 117 Å². The fraction of sp³-hybridized carbons (Fsp3) is 0.273. The van der Waals surface area contributed by atoms with Crippen LogP contribution in [-0.2, 0) is 12.1 Å². The van der Waals surface area contributed by atoms with Gasteiger partial charge in [0, 0.05) is 11.8 Å². The average molecular weight is 310 g/mol. The van der Waals surface area contributed by atoms with Crippen LogP contribution < -0.4 is 0 Å². The summed E-state index contributed by atoms with van der Waals surface area (Å²) in [5.41, 5.74) is -0.507. The Balaban J connectivity index is 2.63. The molecule has 0 aliphatic carbocycles. The van der Waals surface area contributed by atoms with Crippen LogP contribution in [0.25, 0.3) is 5.82 Å². The topological polar surface area (TPSA) is 30.7 Å². The van der Waals surface area contributed by atoms with E-state index in [4.69, 9.17) is 23.2 Å². The first-order valence-corrected chi connectivity index (χ1v) is 6.09. The van der Waals surface area contributed by atoms with Gasteiger partial charge in [-0.25, -0.2) is 9.67 Å². The van der Waals surface area contributed by atoms with E-state index in [0.29, 0.717) is 0 Å². The maximum absolute atomic E-state index is 12.8. The molecule has 0 unspecified atom stereocenters. The number of nitrogens with zero attached hydrogens (tertiary/aromatic N) is 3. The summed E-state index contributed by atoms with van der Waals surface area (Å²) in [4.78, 5) is 3.95. The Morgan fingerprint density at radius 2 is 2.05 bits per heavy atom. The van der Waals surface area contributed by atoms with Gasteiger partial charge in [0.2, 0.25) is 0 Å². The minimum Gasteiger partial charge on any atom is -0.237 e. The maximum Gasteiger partial charge on any atom is 0.435 e. The Bertz CT molecular complexity index is 608. The predicted octanol–water partition coefficient (Wildman–Crippen LogP) is 3.99. The van der Waals surface area contributed by atoms with Gasteiger partial charge in [0.15, 0.2) is 11.5 Å². The molecule has 0 saturated carbocycles. The molecule has 8 heteroatoms. The Kier molecular flexibility index (Phi) is 3.73. The molecule has 2 heterocycles. The first-order chi connectivity index (χ1) is 8.84. The monoisotopic (exact) mass is 309 g/mol. The first-order valence-electron chi connectivity index (χ1n) is 5.18. The average Bonchev–Trinajstić information content (AvgIpc) is 2.66. The zero-order chi connectivity index (χ0) is 14.2. The molecule has 19 heavy (non-hydrogen) atoms. The molecule has 0 bridgehead atoms. The molecule has 2 aromatic heterocycles. The molecule has 0 spiro atoms. The summed E-state index contributed by atoms with van der Waals surface area (Å²) in [6, 6.07) is 3.30. The van der Waals surface area contributed by atoms with E-state index in [1.165, 1.54) is 6.20 Å². The van der Waals surface area contributed by atoms with E-state index in [9.17, 15) is 13.2 Å². The highest BCUT2D eigenvalue weighted by Crippen LogP contribution is 2.36. The zero-order valence-corrected chi connectivity index (χ0v) is 11.2. The SMILES string of the molecule is Cc1ccnc(-n2nc(C(F)(F)F)c(CCl)c2Cl)c1. The van der Waals surface area contributed by atoms with Gasteiger partial charge in [0.25, 0.3) is 0 Å². The van der Waals surface area contributed by atoms with Crippen molar-refractivity contribution in [2.24, 2.45) is 0 Å². The lowest BCUT2D eigenvalue weighted by molar-refractivity contribution is -0.141. The number of rotatable bonds is 2. The second kappa shape index (κ2) is 5.02. The van der Waals surface area contributed by atoms with Crippen LogP contribution in [-0.4, -0.2) is 14.8 Å². The van der Waals surface area contributed by atoms with Gasteiger partial charge in [-0.05, 0) is 24.6 Å². The minimum absolute atomic E-state index is 0.180. The molecular formula is C11H8Cl2F3N3. The second-order valence-electron chi connectivity index (χ2n) is 3.85. The van der Waals surface area contributed by atoms with Crippen molar-refractivity contribution in [3.05, 3.63) is 40.3 Å². The number of hydrogen-bond acceptors (Lipinski definition) is 2. The molecular weight excluding hydrogens is 302 g/mol. The molecule has 2 rings (SSSR count). The Hall–Kier alpha value is -1.27. The number of pyridine rings is 1. The fourth-order valence-electron chi connectivity index (χ4n) is 1.56. The molecule has 2 aromatic rings. The van der Waals surface area contributed by atoms with Crippen LogP contribution in [0.2, 0.25) is 5.15 Å². The Morgan fingerprint density at radius 3 is 2.53 bits per heavy atom. The van der Waals surface area contributed by atoms with Crippen LogP contribution in [0.1, 0.15) is 16.8 Å². The zero-order valence-electron chi connectivity index (χ0n) is 9.67. The summed E-state index contributed by atoms with van der Waals surface area (Å²) in [6.45, 7) is 1.79. The van der Waals surface area contributed by atoms with Crippen LogP contribution in [0, 0.1) is 6.92 Å². The van der Waals surface area contributed by atoms with Crippen molar-refractivity contribution < 1.29 is 13.2 Å². The quantitative estimate of drug-likeness (QED) is 0.785. The third kappa shape index (κ3) is 2.69. The van der Waals surface area contributed by atoms with E-state index in [-0.39, 0.29) is 22.4 Å². The van der Waals surface area contributed by atoms with E-state index in [1.54, 1.807) is 19.1 Å². The normalized spacial score (nSPS) is 11.9. The number of aryl methyl sites for hydroxylation is 1. The summed E-state index contributed by atoms with van der Waals surface area (Å²) in [6.07, 6.45) is -3.14. The van der Waals surface area contributed by atoms with Crippen molar-refractivity contribution in [1.29, 1.82) is 0 Å². The molecule has 102 valence electrons. The van der Waals surface area contributed by atoms with Gasteiger partial charge in [0.05, 0.1) is 5.88 Å². The lowest BCUT2D eigenvalue weighted by Crippen LogP contribution is -2.09. The van der Waals surface area contributed by atoms with Crippen LogP contribution in [0.4, 0.5) is 13.2 Å². The van der Waals surface area contributed by atoms with E-state index in [1.807, 2.05) is 0 Å². The predicted molar refractivity (Wildman–Crippen MR) is 65.7 cm³/mol. The number of halogens is 5. The lowest BCUT2D eigenvalue weighted by Gasteiger charge is -2.03. The summed E-state index contributed by atoms with van der Waals surface area (Å²) in [7, 11) is 0. The van der Waals surface area contributed by atoms with E-state index < -0.39 is 11.9 Å². The molecule has 0 amide bonds. The number of aromatic nitrogens is 3. The largest absolute Gasteiger partial charge is 0.435 e. The van der Waals surface area contributed by atoms with E-state index in [2.05, 4.69) is 10.1 Å². The van der Waals surface area contributed by atoms with Gasteiger partial charge in [0.1, 0.15) is 5.15 Å². The highest BCUT2D eigenvalue weighted by Gasteiger charge is 2.39. The van der Waals surface area contributed by atoms with Crippen molar-refractivity contribution in [3.8, 4) is 5.82 Å². The van der Waals surface area contributed by atoms with E-state index >= 15 is 0 Å². The maximum atomic E-state index is 12.8. The molecule has 0 fully saturated rings. The molecule has 0 aliphatic heterocycles. The standard InChI is InChI=1S/C11H8Cl2F3N3/c1-6-2-3-17-8(4-6)19-10(13)7(5-12)9(18-19)11(14,15)16/h2-4H,5H2,1H3. The van der Waals surface area contributed by atoms with Crippen molar-refractivity contribution >= 4 is 23.2 Å². The lowest BCUT2D eigenvalue weighted by atomic mass is 10.3. The van der Waals surface area contributed by atoms with Gasteiger partial charge in [-0.15, -0.1) is 11.6 Å². The minimum atomic E-state index is -4.61. The van der Waals surface area contributed by atoms with Gasteiger partial charge in [-0.1, -0.05) is 11.6 Å². The van der Waals surface area contributed by atoms with Gasteiger partial charge >= 0.3 is 6.18 Å². The summed E-state index contributed by atoms with van der Waals surface area (Å²) < 4.78 is 39.4. The molecule has 0 aliphatic rings. The van der Waals surface area contributed by atoms with Crippen molar-refractivity contribution in [2.75, 3.05) is 0 Å². The van der Waals surface area contributed by atoms with Crippen LogP contribution in [0.15, 0.2) is 18.3 Å². The molecule has 3 nitrogen and oxygen atoms in total. The summed E-state index contributed by atoms with van der Waals surface area (Å²) in [5, 5.41) is 3.30. The third-order valence-corrected chi connectivity index (χ3v) is 3.10. The Morgan fingerprint density at radius 1 is 1.37 bits per heavy atom. The van der Waals surface area contributed by atoms with Gasteiger partial charge in [-0.3, -0.25) is 0 Å². The van der Waals surface area contributed by atoms with Crippen molar-refractivity contribution in [1.82, 2.24) is 14.8 Å². The van der Waals surface area contributed by atoms with Crippen LogP contribution in [0.5, 0.6) is 0 Å². The summed E-state index contributed by atoms with van der Waals surface area (Å²) >= 11 is 11.4. The smallest absolute Gasteiger partial charge is 0.237 e. The summed E-state index contributed by atoms with van der Waals surface area (Å²) in [5.74, 6) is -0.161. The van der Waals surface area contributed by atoms with Crippen LogP contribution >= 0.6 is 23.2 Å². The van der Waals surface area contributed by atoms with E-state index in [0.717, 1.165) is 10.2 Å². The van der Waals surface area contributed by atoms with Crippen LogP contribution in [0.3, 0.4) is 0 Å². The van der Waals surface area contributed by atoms with Gasteiger partial charge in [-0.2, -0.15) is 18.3 Å². The number of hydrogen-bond donors (Lipinski definition) is 0. The number of alkyl halides is 4. The molecule has 0 radical (unpaired) electrons. The van der Waals surface area contributed by atoms with Crippen molar-refractivity contribution in [3.63, 3.8) is 0 Å². The first kappa shape index (κ1) is 14.1. The second-order valence-corrected chi connectivity index (χ2v) is 4.48.